The Hall–Kier alpha value is -0.870. The van der Waals surface area contributed by atoms with Gasteiger partial charge in [0, 0.05) is 12.8 Å². The van der Waals surface area contributed by atoms with E-state index in [4.69, 9.17) is 16.3 Å². The van der Waals surface area contributed by atoms with E-state index < -0.39 is 0 Å². The van der Waals surface area contributed by atoms with Gasteiger partial charge in [0.15, 0.2) is 0 Å². The summed E-state index contributed by atoms with van der Waals surface area (Å²) in [6.07, 6.45) is 4.08. The molecule has 0 amide bonds. The van der Waals surface area contributed by atoms with Crippen molar-refractivity contribution in [2.75, 3.05) is 11.9 Å². The lowest BCUT2D eigenvalue weighted by Crippen LogP contribution is -2.43. The Morgan fingerprint density at radius 2 is 2.35 bits per heavy atom. The van der Waals surface area contributed by atoms with Gasteiger partial charge in [-0.3, -0.25) is 0 Å². The quantitative estimate of drug-likeness (QED) is 0.844. The molecule has 1 aliphatic heterocycles. The lowest BCUT2D eigenvalue weighted by Gasteiger charge is -2.35. The van der Waals surface area contributed by atoms with E-state index in [-0.39, 0.29) is 11.4 Å². The predicted octanol–water partition coefficient (Wildman–Crippen LogP) is 2.75. The van der Waals surface area contributed by atoms with Crippen molar-refractivity contribution in [3.63, 3.8) is 0 Å². The fourth-order valence-electron chi connectivity index (χ4n) is 2.22. The molecule has 0 aliphatic carbocycles. The highest BCUT2D eigenvalue weighted by atomic mass is 35.5. The summed E-state index contributed by atoms with van der Waals surface area (Å²) in [7, 11) is 0. The van der Waals surface area contributed by atoms with Gasteiger partial charge in [0.2, 0.25) is 5.28 Å². The fraction of sp³-hybridized carbons (Fsp3) is 0.667. The maximum atomic E-state index is 5.82. The Kier molecular flexibility index (Phi) is 4.18. The first-order valence-electron chi connectivity index (χ1n) is 6.03. The molecule has 4 nitrogen and oxygen atoms in total. The molecule has 0 radical (unpaired) electrons. The number of hydrogen-bond acceptors (Lipinski definition) is 4. The van der Waals surface area contributed by atoms with Gasteiger partial charge in [-0.15, -0.1) is 0 Å². The van der Waals surface area contributed by atoms with E-state index in [9.17, 15) is 0 Å². The van der Waals surface area contributed by atoms with Crippen LogP contribution in [0.15, 0.2) is 12.3 Å². The molecule has 1 fully saturated rings. The van der Waals surface area contributed by atoms with Crippen molar-refractivity contribution >= 4 is 17.4 Å². The summed E-state index contributed by atoms with van der Waals surface area (Å²) >= 11 is 5.77. The topological polar surface area (TPSA) is 47.0 Å². The van der Waals surface area contributed by atoms with Crippen molar-refractivity contribution in [2.45, 2.75) is 38.8 Å². The van der Waals surface area contributed by atoms with Gasteiger partial charge in [-0.2, -0.15) is 0 Å². The first kappa shape index (κ1) is 12.6. The summed E-state index contributed by atoms with van der Waals surface area (Å²) in [5.74, 6) is 1.26. The maximum Gasteiger partial charge on any atom is 0.224 e. The molecule has 1 aromatic rings. The number of ether oxygens (including phenoxy) is 1. The van der Waals surface area contributed by atoms with Gasteiger partial charge in [0.05, 0.1) is 12.1 Å². The van der Waals surface area contributed by atoms with E-state index in [1.807, 2.05) is 6.07 Å². The van der Waals surface area contributed by atoms with Gasteiger partial charge in [-0.25, -0.2) is 9.97 Å². The fourth-order valence-corrected chi connectivity index (χ4v) is 2.37. The third kappa shape index (κ3) is 3.30. The molecule has 2 heterocycles. The minimum atomic E-state index is 0.234. The van der Waals surface area contributed by atoms with Crippen molar-refractivity contribution in [1.82, 2.24) is 9.97 Å². The second-order valence-electron chi connectivity index (χ2n) is 4.68. The van der Waals surface area contributed by atoms with Crippen LogP contribution in [-0.2, 0) is 4.74 Å². The number of anilines is 1. The number of rotatable bonds is 3. The zero-order chi connectivity index (χ0) is 12.3. The Bertz CT molecular complexity index is 373. The van der Waals surface area contributed by atoms with Gasteiger partial charge >= 0.3 is 0 Å². The van der Waals surface area contributed by atoms with Crippen molar-refractivity contribution < 1.29 is 4.74 Å². The molecule has 0 unspecified atom stereocenters. The van der Waals surface area contributed by atoms with E-state index >= 15 is 0 Å². The largest absolute Gasteiger partial charge is 0.376 e. The molecule has 94 valence electrons. The van der Waals surface area contributed by atoms with E-state index in [1.165, 1.54) is 0 Å². The van der Waals surface area contributed by atoms with Gasteiger partial charge < -0.3 is 10.1 Å². The van der Waals surface area contributed by atoms with Gasteiger partial charge in [0.25, 0.3) is 0 Å². The first-order chi connectivity index (χ1) is 8.16. The normalized spacial score (nSPS) is 24.9. The highest BCUT2D eigenvalue weighted by Crippen LogP contribution is 2.23. The van der Waals surface area contributed by atoms with Crippen LogP contribution in [0.25, 0.3) is 0 Å². The van der Waals surface area contributed by atoms with Crippen LogP contribution in [0.1, 0.15) is 26.7 Å². The monoisotopic (exact) mass is 255 g/mol. The van der Waals surface area contributed by atoms with Crippen LogP contribution in [0.3, 0.4) is 0 Å². The molecule has 2 atom stereocenters. The number of nitrogens with zero attached hydrogens (tertiary/aromatic N) is 2. The van der Waals surface area contributed by atoms with Crippen molar-refractivity contribution in [2.24, 2.45) is 5.92 Å². The first-order valence-corrected chi connectivity index (χ1v) is 6.41. The minimum Gasteiger partial charge on any atom is -0.376 e. The molecule has 17 heavy (non-hydrogen) atoms. The number of hydrogen-bond donors (Lipinski definition) is 1. The second kappa shape index (κ2) is 5.65. The summed E-state index contributed by atoms with van der Waals surface area (Å²) in [5, 5.41) is 3.66. The van der Waals surface area contributed by atoms with Gasteiger partial charge in [-0.05, 0) is 36.4 Å². The predicted molar refractivity (Wildman–Crippen MR) is 68.3 cm³/mol. The average molecular weight is 256 g/mol. The van der Waals surface area contributed by atoms with Crippen LogP contribution in [0.2, 0.25) is 5.28 Å². The van der Waals surface area contributed by atoms with Crippen LogP contribution in [-0.4, -0.2) is 28.7 Å². The van der Waals surface area contributed by atoms with E-state index in [0.29, 0.717) is 12.0 Å². The zero-order valence-corrected chi connectivity index (χ0v) is 10.9. The molecule has 0 bridgehead atoms. The molecule has 1 saturated heterocycles. The van der Waals surface area contributed by atoms with Gasteiger partial charge in [0.1, 0.15) is 5.82 Å². The standard InChI is InChI=1S/C12H18ClN3O/c1-8(2)11-9(4-3-7-17-11)15-10-5-6-14-12(13)16-10/h5-6,8-9,11H,3-4,7H2,1-2H3,(H,14,15,16)/t9-,11+/m0/s1. The zero-order valence-electron chi connectivity index (χ0n) is 10.2. The van der Waals surface area contributed by atoms with Crippen LogP contribution in [0.4, 0.5) is 5.82 Å². The summed E-state index contributed by atoms with van der Waals surface area (Å²) in [5.41, 5.74) is 0. The summed E-state index contributed by atoms with van der Waals surface area (Å²) in [4.78, 5) is 8.02. The Labute approximate surface area is 107 Å². The molecule has 0 aromatic carbocycles. The molecule has 1 N–H and O–H groups in total. The molecule has 1 aromatic heterocycles. The highest BCUT2D eigenvalue weighted by molar-refractivity contribution is 6.28. The number of halogens is 1. The molecule has 1 aliphatic rings. The Morgan fingerprint density at radius 1 is 1.53 bits per heavy atom. The van der Waals surface area contributed by atoms with Crippen molar-refractivity contribution in [3.05, 3.63) is 17.5 Å². The van der Waals surface area contributed by atoms with Crippen molar-refractivity contribution in [3.8, 4) is 0 Å². The van der Waals surface area contributed by atoms with Crippen LogP contribution < -0.4 is 5.32 Å². The SMILES string of the molecule is CC(C)[C@H]1OCCC[C@@H]1Nc1ccnc(Cl)n1. The maximum absolute atomic E-state index is 5.82. The van der Waals surface area contributed by atoms with E-state index in [0.717, 1.165) is 25.3 Å². The average Bonchev–Trinajstić information content (AvgIpc) is 2.29. The second-order valence-corrected chi connectivity index (χ2v) is 5.02. The molecule has 0 saturated carbocycles. The Morgan fingerprint density at radius 3 is 3.06 bits per heavy atom. The number of nitrogens with one attached hydrogen (secondary N) is 1. The lowest BCUT2D eigenvalue weighted by atomic mass is 9.94. The molecule has 5 heteroatoms. The summed E-state index contributed by atoms with van der Waals surface area (Å²) < 4.78 is 5.82. The summed E-state index contributed by atoms with van der Waals surface area (Å²) in [6, 6.07) is 2.13. The van der Waals surface area contributed by atoms with Crippen LogP contribution in [0.5, 0.6) is 0 Å². The smallest absolute Gasteiger partial charge is 0.224 e. The van der Waals surface area contributed by atoms with Gasteiger partial charge in [-0.1, -0.05) is 13.8 Å². The minimum absolute atomic E-state index is 0.234. The van der Waals surface area contributed by atoms with E-state index in [2.05, 4.69) is 29.1 Å². The summed E-state index contributed by atoms with van der Waals surface area (Å²) in [6.45, 7) is 5.21. The molecule has 2 rings (SSSR count). The third-order valence-corrected chi connectivity index (χ3v) is 3.16. The number of aromatic nitrogens is 2. The third-order valence-electron chi connectivity index (χ3n) is 2.98. The van der Waals surface area contributed by atoms with E-state index in [1.54, 1.807) is 6.20 Å². The molecular weight excluding hydrogens is 238 g/mol. The Balaban J connectivity index is 2.05. The van der Waals surface area contributed by atoms with Crippen LogP contribution in [0, 0.1) is 5.92 Å². The lowest BCUT2D eigenvalue weighted by molar-refractivity contribution is -0.0203. The van der Waals surface area contributed by atoms with Crippen molar-refractivity contribution in [1.29, 1.82) is 0 Å². The highest BCUT2D eigenvalue weighted by Gasteiger charge is 2.28. The molecule has 0 spiro atoms. The van der Waals surface area contributed by atoms with Crippen LogP contribution >= 0.6 is 11.6 Å². The molecular formula is C12H18ClN3O.